The highest BCUT2D eigenvalue weighted by Gasteiger charge is 2.39. The van der Waals surface area contributed by atoms with Gasteiger partial charge in [0.1, 0.15) is 5.92 Å². The molecule has 0 heterocycles. The van der Waals surface area contributed by atoms with Crippen molar-refractivity contribution < 1.29 is 9.90 Å². The van der Waals surface area contributed by atoms with Crippen molar-refractivity contribution in [1.82, 2.24) is 5.32 Å². The summed E-state index contributed by atoms with van der Waals surface area (Å²) in [4.78, 5) is 12.1. The minimum atomic E-state index is -0.702. The predicted octanol–water partition coefficient (Wildman–Crippen LogP) is 1.40. The number of nitriles is 1. The van der Waals surface area contributed by atoms with Crippen LogP contribution in [0, 0.1) is 17.2 Å². The normalized spacial score (nSPS) is 17.9. The van der Waals surface area contributed by atoms with Crippen LogP contribution in [0.5, 0.6) is 0 Å². The molecule has 1 aliphatic carbocycles. The van der Waals surface area contributed by atoms with E-state index in [0.717, 1.165) is 24.8 Å². The summed E-state index contributed by atoms with van der Waals surface area (Å²) in [5.74, 6) is -0.980. The third kappa shape index (κ3) is 3.12. The van der Waals surface area contributed by atoms with E-state index >= 15 is 0 Å². The summed E-state index contributed by atoms with van der Waals surface area (Å²) < 4.78 is 0. The van der Waals surface area contributed by atoms with Crippen LogP contribution in [-0.4, -0.2) is 23.2 Å². The van der Waals surface area contributed by atoms with Crippen molar-refractivity contribution in [3.8, 4) is 6.07 Å². The highest BCUT2D eigenvalue weighted by Crippen LogP contribution is 2.31. The highest BCUT2D eigenvalue weighted by molar-refractivity contribution is 5.82. The molecule has 1 aromatic rings. The van der Waals surface area contributed by atoms with Crippen LogP contribution in [0.2, 0.25) is 0 Å². The minimum Gasteiger partial charge on any atom is -0.394 e. The first-order valence-electron chi connectivity index (χ1n) is 6.55. The molecule has 0 aromatic heterocycles. The molecule has 1 atom stereocenters. The lowest BCUT2D eigenvalue weighted by Gasteiger charge is -2.41. The van der Waals surface area contributed by atoms with Gasteiger partial charge in [-0.3, -0.25) is 4.79 Å². The van der Waals surface area contributed by atoms with E-state index in [1.165, 1.54) is 0 Å². The Morgan fingerprint density at radius 1 is 1.42 bits per heavy atom. The average molecular weight is 258 g/mol. The second kappa shape index (κ2) is 5.85. The lowest BCUT2D eigenvalue weighted by molar-refractivity contribution is -0.127. The molecular weight excluding hydrogens is 240 g/mol. The molecule has 0 bridgehead atoms. The predicted molar refractivity (Wildman–Crippen MR) is 71.1 cm³/mol. The third-order valence-electron chi connectivity index (χ3n) is 3.76. The summed E-state index contributed by atoms with van der Waals surface area (Å²) in [6, 6.07) is 11.5. The van der Waals surface area contributed by atoms with Gasteiger partial charge in [0.05, 0.1) is 18.2 Å². The SMILES string of the molecule is N#CC(Cc1ccccc1)C(=O)NC1(CO)CCC1. The van der Waals surface area contributed by atoms with Crippen LogP contribution >= 0.6 is 0 Å². The van der Waals surface area contributed by atoms with Crippen LogP contribution < -0.4 is 5.32 Å². The number of aliphatic hydroxyl groups excluding tert-OH is 1. The summed E-state index contributed by atoms with van der Waals surface area (Å²) in [5, 5.41) is 21.3. The largest absolute Gasteiger partial charge is 0.394 e. The number of carbonyl (C=O) groups is 1. The van der Waals surface area contributed by atoms with Crippen molar-refractivity contribution in [2.24, 2.45) is 5.92 Å². The maximum absolute atomic E-state index is 12.1. The zero-order valence-corrected chi connectivity index (χ0v) is 10.8. The highest BCUT2D eigenvalue weighted by atomic mass is 16.3. The van der Waals surface area contributed by atoms with E-state index in [0.29, 0.717) is 6.42 Å². The fourth-order valence-electron chi connectivity index (χ4n) is 2.32. The van der Waals surface area contributed by atoms with Gasteiger partial charge in [0.2, 0.25) is 5.91 Å². The molecule has 1 unspecified atom stereocenters. The van der Waals surface area contributed by atoms with Gasteiger partial charge >= 0.3 is 0 Å². The maximum atomic E-state index is 12.1. The first-order chi connectivity index (χ1) is 9.19. The van der Waals surface area contributed by atoms with Gasteiger partial charge in [0, 0.05) is 0 Å². The van der Waals surface area contributed by atoms with Crippen LogP contribution in [0.3, 0.4) is 0 Å². The third-order valence-corrected chi connectivity index (χ3v) is 3.76. The number of benzene rings is 1. The fourth-order valence-corrected chi connectivity index (χ4v) is 2.32. The average Bonchev–Trinajstić information content (AvgIpc) is 2.41. The van der Waals surface area contributed by atoms with Crippen LogP contribution in [0.1, 0.15) is 24.8 Å². The van der Waals surface area contributed by atoms with Crippen molar-refractivity contribution in [2.45, 2.75) is 31.2 Å². The van der Waals surface area contributed by atoms with Gasteiger partial charge in [0.25, 0.3) is 0 Å². The second-order valence-corrected chi connectivity index (χ2v) is 5.15. The van der Waals surface area contributed by atoms with Gasteiger partial charge in [-0.05, 0) is 31.2 Å². The number of nitrogens with one attached hydrogen (secondary N) is 1. The number of aliphatic hydroxyl groups is 1. The monoisotopic (exact) mass is 258 g/mol. The van der Waals surface area contributed by atoms with Crippen molar-refractivity contribution in [2.75, 3.05) is 6.61 Å². The van der Waals surface area contributed by atoms with Gasteiger partial charge in [-0.1, -0.05) is 30.3 Å². The van der Waals surface area contributed by atoms with Crippen LogP contribution in [0.4, 0.5) is 0 Å². The molecule has 0 radical (unpaired) electrons. The van der Waals surface area contributed by atoms with Crippen LogP contribution in [-0.2, 0) is 11.2 Å². The quantitative estimate of drug-likeness (QED) is 0.838. The number of hydrogen-bond acceptors (Lipinski definition) is 3. The standard InChI is InChI=1S/C15H18N2O2/c16-10-13(9-12-5-2-1-3-6-12)14(19)17-15(11-18)7-4-8-15/h1-3,5-6,13,18H,4,7-9,11H2,(H,17,19). The minimum absolute atomic E-state index is 0.0533. The van der Waals surface area contributed by atoms with Gasteiger partial charge in [-0.2, -0.15) is 5.26 Å². The van der Waals surface area contributed by atoms with Crippen LogP contribution in [0.25, 0.3) is 0 Å². The number of hydrogen-bond donors (Lipinski definition) is 2. The first-order valence-corrected chi connectivity index (χ1v) is 6.55. The summed E-state index contributed by atoms with van der Waals surface area (Å²) >= 11 is 0. The molecule has 1 aliphatic rings. The van der Waals surface area contributed by atoms with E-state index in [9.17, 15) is 9.90 Å². The van der Waals surface area contributed by atoms with Crippen molar-refractivity contribution in [1.29, 1.82) is 5.26 Å². The molecule has 1 amide bonds. The smallest absolute Gasteiger partial charge is 0.238 e. The molecule has 19 heavy (non-hydrogen) atoms. The lowest BCUT2D eigenvalue weighted by atomic mass is 9.77. The molecule has 0 aliphatic heterocycles. The molecule has 4 nitrogen and oxygen atoms in total. The Balaban J connectivity index is 1.98. The van der Waals surface area contributed by atoms with Gasteiger partial charge in [-0.15, -0.1) is 0 Å². The molecule has 2 N–H and O–H groups in total. The lowest BCUT2D eigenvalue weighted by Crippen LogP contribution is -2.57. The van der Waals surface area contributed by atoms with Crippen molar-refractivity contribution >= 4 is 5.91 Å². The number of carbonyl (C=O) groups excluding carboxylic acids is 1. The second-order valence-electron chi connectivity index (χ2n) is 5.15. The molecular formula is C15H18N2O2. The molecule has 0 saturated heterocycles. The maximum Gasteiger partial charge on any atom is 0.238 e. The first kappa shape index (κ1) is 13.6. The van der Waals surface area contributed by atoms with Crippen molar-refractivity contribution in [3.63, 3.8) is 0 Å². The zero-order valence-electron chi connectivity index (χ0n) is 10.8. The Bertz CT molecular complexity index is 469. The number of amides is 1. The van der Waals surface area contributed by atoms with E-state index in [-0.39, 0.29) is 12.5 Å². The summed E-state index contributed by atoms with van der Waals surface area (Å²) in [6.45, 7) is -0.0533. The summed E-state index contributed by atoms with van der Waals surface area (Å²) in [7, 11) is 0. The summed E-state index contributed by atoms with van der Waals surface area (Å²) in [6.07, 6.45) is 3.00. The van der Waals surface area contributed by atoms with E-state index in [2.05, 4.69) is 11.4 Å². The van der Waals surface area contributed by atoms with Crippen molar-refractivity contribution in [3.05, 3.63) is 35.9 Å². The van der Waals surface area contributed by atoms with Gasteiger partial charge in [-0.25, -0.2) is 0 Å². The van der Waals surface area contributed by atoms with E-state index in [1.807, 2.05) is 30.3 Å². The molecule has 2 rings (SSSR count). The molecule has 1 fully saturated rings. The van der Waals surface area contributed by atoms with Gasteiger partial charge in [0.15, 0.2) is 0 Å². The van der Waals surface area contributed by atoms with E-state index < -0.39 is 11.5 Å². The number of rotatable bonds is 5. The number of nitrogens with zero attached hydrogens (tertiary/aromatic N) is 1. The van der Waals surface area contributed by atoms with E-state index in [4.69, 9.17) is 5.26 Å². The molecule has 100 valence electrons. The fraction of sp³-hybridized carbons (Fsp3) is 0.467. The zero-order chi connectivity index (χ0) is 13.7. The molecule has 4 heteroatoms. The molecule has 1 saturated carbocycles. The Kier molecular flexibility index (Phi) is 4.18. The van der Waals surface area contributed by atoms with E-state index in [1.54, 1.807) is 0 Å². The molecule has 1 aromatic carbocycles. The Morgan fingerprint density at radius 3 is 2.58 bits per heavy atom. The Hall–Kier alpha value is -1.86. The molecule has 0 spiro atoms. The van der Waals surface area contributed by atoms with Gasteiger partial charge < -0.3 is 10.4 Å². The Morgan fingerprint density at radius 2 is 2.11 bits per heavy atom. The Labute approximate surface area is 113 Å². The summed E-state index contributed by atoms with van der Waals surface area (Å²) in [5.41, 5.74) is 0.485. The topological polar surface area (TPSA) is 73.1 Å². The van der Waals surface area contributed by atoms with Crippen LogP contribution in [0.15, 0.2) is 30.3 Å².